The molecular weight excluding hydrogens is 247 g/mol. The Labute approximate surface area is 111 Å². The maximum atomic E-state index is 13.5. The summed E-state index contributed by atoms with van der Waals surface area (Å²) < 4.78 is 18.3. The van der Waals surface area contributed by atoms with Gasteiger partial charge in [0.15, 0.2) is 11.6 Å². The van der Waals surface area contributed by atoms with Crippen LogP contribution in [0.25, 0.3) is 6.08 Å². The fraction of sp³-hybridized carbons (Fsp3) is 0.357. The molecule has 0 radical (unpaired) electrons. The van der Waals surface area contributed by atoms with Crippen molar-refractivity contribution in [2.45, 2.75) is 12.5 Å². The lowest BCUT2D eigenvalue weighted by molar-refractivity contribution is -0.124. The summed E-state index contributed by atoms with van der Waals surface area (Å²) in [6, 6.07) is 4.63. The van der Waals surface area contributed by atoms with Gasteiger partial charge in [-0.05, 0) is 30.2 Å². The van der Waals surface area contributed by atoms with Gasteiger partial charge in [0.05, 0.1) is 7.11 Å². The van der Waals surface area contributed by atoms with Crippen LogP contribution in [0.3, 0.4) is 0 Å². The topological polar surface area (TPSA) is 55.6 Å². The Morgan fingerprint density at radius 1 is 1.58 bits per heavy atom. The first-order chi connectivity index (χ1) is 9.10. The highest BCUT2D eigenvalue weighted by Gasteiger charge is 2.21. The highest BCUT2D eigenvalue weighted by atomic mass is 19.1. The third-order valence-corrected chi connectivity index (χ3v) is 3.13. The molecule has 1 saturated heterocycles. The van der Waals surface area contributed by atoms with Crippen LogP contribution in [0.2, 0.25) is 0 Å². The van der Waals surface area contributed by atoms with Crippen LogP contribution in [0.4, 0.5) is 4.39 Å². The van der Waals surface area contributed by atoms with Crippen LogP contribution < -0.4 is 10.5 Å². The van der Waals surface area contributed by atoms with Gasteiger partial charge < -0.3 is 15.4 Å². The normalized spacial score (nSPS) is 19.1. The number of hydrogen-bond acceptors (Lipinski definition) is 3. The summed E-state index contributed by atoms with van der Waals surface area (Å²) in [5, 5.41) is 0. The number of carbonyl (C=O) groups is 1. The largest absolute Gasteiger partial charge is 0.494 e. The van der Waals surface area contributed by atoms with Gasteiger partial charge in [-0.3, -0.25) is 4.79 Å². The quantitative estimate of drug-likeness (QED) is 0.840. The van der Waals surface area contributed by atoms with E-state index < -0.39 is 5.82 Å². The zero-order valence-corrected chi connectivity index (χ0v) is 10.8. The first-order valence-corrected chi connectivity index (χ1v) is 6.16. The van der Waals surface area contributed by atoms with Crippen LogP contribution in [0.5, 0.6) is 5.75 Å². The number of nitrogens with zero attached hydrogens (tertiary/aromatic N) is 1. The molecule has 1 aromatic rings. The van der Waals surface area contributed by atoms with Gasteiger partial charge in [0, 0.05) is 25.2 Å². The first kappa shape index (κ1) is 13.5. The summed E-state index contributed by atoms with van der Waals surface area (Å²) in [5.41, 5.74) is 6.36. The van der Waals surface area contributed by atoms with E-state index in [4.69, 9.17) is 10.5 Å². The van der Waals surface area contributed by atoms with Gasteiger partial charge in [-0.25, -0.2) is 4.39 Å². The van der Waals surface area contributed by atoms with E-state index in [1.165, 1.54) is 25.3 Å². The minimum absolute atomic E-state index is 0.0655. The van der Waals surface area contributed by atoms with Gasteiger partial charge in [0.25, 0.3) is 0 Å². The summed E-state index contributed by atoms with van der Waals surface area (Å²) in [6.45, 7) is 1.27. The molecule has 0 aliphatic carbocycles. The van der Waals surface area contributed by atoms with E-state index in [1.54, 1.807) is 17.0 Å². The summed E-state index contributed by atoms with van der Waals surface area (Å²) in [6.07, 6.45) is 3.87. The molecule has 0 bridgehead atoms. The van der Waals surface area contributed by atoms with Crippen molar-refractivity contribution < 1.29 is 13.9 Å². The molecule has 0 spiro atoms. The zero-order chi connectivity index (χ0) is 13.8. The average Bonchev–Trinajstić information content (AvgIpc) is 2.83. The standard InChI is InChI=1S/C14H17FN2O2/c1-19-13-4-2-10(8-12(13)15)3-5-14(18)17-7-6-11(16)9-17/h2-5,8,11H,6-7,9,16H2,1H3. The van der Waals surface area contributed by atoms with Crippen LogP contribution in [0.15, 0.2) is 24.3 Å². The van der Waals surface area contributed by atoms with Crippen molar-refractivity contribution >= 4 is 12.0 Å². The third-order valence-electron chi connectivity index (χ3n) is 3.13. The van der Waals surface area contributed by atoms with Crippen molar-refractivity contribution in [3.05, 3.63) is 35.7 Å². The Kier molecular flexibility index (Phi) is 4.16. The summed E-state index contributed by atoms with van der Waals surface area (Å²) in [5.74, 6) is -0.349. The lowest BCUT2D eigenvalue weighted by Crippen LogP contribution is -2.30. The molecule has 102 valence electrons. The number of rotatable bonds is 3. The molecule has 1 aliphatic rings. The molecule has 1 unspecified atom stereocenters. The van der Waals surface area contributed by atoms with Gasteiger partial charge in [0.1, 0.15) is 0 Å². The van der Waals surface area contributed by atoms with E-state index in [2.05, 4.69) is 0 Å². The highest BCUT2D eigenvalue weighted by molar-refractivity contribution is 5.92. The first-order valence-electron chi connectivity index (χ1n) is 6.16. The van der Waals surface area contributed by atoms with Crippen molar-refractivity contribution in [2.75, 3.05) is 20.2 Å². The average molecular weight is 264 g/mol. The monoisotopic (exact) mass is 264 g/mol. The molecule has 0 aromatic heterocycles. The maximum absolute atomic E-state index is 13.5. The number of ether oxygens (including phenoxy) is 1. The Morgan fingerprint density at radius 3 is 2.95 bits per heavy atom. The summed E-state index contributed by atoms with van der Waals surface area (Å²) in [4.78, 5) is 13.5. The molecule has 1 aromatic carbocycles. The molecule has 19 heavy (non-hydrogen) atoms. The second kappa shape index (κ2) is 5.84. The number of amides is 1. The van der Waals surface area contributed by atoms with Crippen LogP contribution >= 0.6 is 0 Å². The number of hydrogen-bond donors (Lipinski definition) is 1. The Hall–Kier alpha value is -1.88. The van der Waals surface area contributed by atoms with Crippen molar-refractivity contribution in [3.8, 4) is 5.75 Å². The van der Waals surface area contributed by atoms with E-state index in [1.807, 2.05) is 0 Å². The highest BCUT2D eigenvalue weighted by Crippen LogP contribution is 2.18. The van der Waals surface area contributed by atoms with Crippen molar-refractivity contribution in [1.82, 2.24) is 4.90 Å². The Morgan fingerprint density at radius 2 is 2.37 bits per heavy atom. The molecule has 1 amide bonds. The van der Waals surface area contributed by atoms with Gasteiger partial charge in [-0.2, -0.15) is 0 Å². The van der Waals surface area contributed by atoms with Gasteiger partial charge >= 0.3 is 0 Å². The molecule has 5 heteroatoms. The van der Waals surface area contributed by atoms with Crippen LogP contribution in [-0.2, 0) is 4.79 Å². The maximum Gasteiger partial charge on any atom is 0.246 e. The van der Waals surface area contributed by atoms with Crippen molar-refractivity contribution in [3.63, 3.8) is 0 Å². The summed E-state index contributed by atoms with van der Waals surface area (Å²) in [7, 11) is 1.41. The summed E-state index contributed by atoms with van der Waals surface area (Å²) >= 11 is 0. The Bertz CT molecular complexity index is 502. The fourth-order valence-corrected chi connectivity index (χ4v) is 2.05. The predicted molar refractivity (Wildman–Crippen MR) is 71.2 cm³/mol. The SMILES string of the molecule is COc1ccc(C=CC(=O)N2CCC(N)C2)cc1F. The number of carbonyl (C=O) groups excluding carboxylic acids is 1. The molecule has 4 nitrogen and oxygen atoms in total. The van der Waals surface area contributed by atoms with Crippen molar-refractivity contribution in [1.29, 1.82) is 0 Å². The van der Waals surface area contributed by atoms with Gasteiger partial charge in [-0.1, -0.05) is 6.07 Å². The number of benzene rings is 1. The molecule has 1 aliphatic heterocycles. The van der Waals surface area contributed by atoms with E-state index in [0.29, 0.717) is 18.7 Å². The number of methoxy groups -OCH3 is 1. The van der Waals surface area contributed by atoms with Crippen LogP contribution in [0, 0.1) is 5.82 Å². The molecular formula is C14H17FN2O2. The predicted octanol–water partition coefficient (Wildman–Crippen LogP) is 1.41. The second-order valence-electron chi connectivity index (χ2n) is 4.56. The van der Waals surface area contributed by atoms with E-state index in [0.717, 1.165) is 6.42 Å². The van der Waals surface area contributed by atoms with Crippen molar-refractivity contribution in [2.24, 2.45) is 5.73 Å². The zero-order valence-electron chi connectivity index (χ0n) is 10.8. The molecule has 1 fully saturated rings. The molecule has 2 rings (SSSR count). The smallest absolute Gasteiger partial charge is 0.246 e. The van der Waals surface area contributed by atoms with Gasteiger partial charge in [-0.15, -0.1) is 0 Å². The minimum atomic E-state index is -0.444. The number of nitrogens with two attached hydrogens (primary N) is 1. The van der Waals surface area contributed by atoms with Gasteiger partial charge in [0.2, 0.25) is 5.91 Å². The van der Waals surface area contributed by atoms with Crippen LogP contribution in [-0.4, -0.2) is 37.0 Å². The number of halogens is 1. The lowest BCUT2D eigenvalue weighted by atomic mass is 10.2. The van der Waals surface area contributed by atoms with Crippen LogP contribution in [0.1, 0.15) is 12.0 Å². The molecule has 2 N–H and O–H groups in total. The van der Waals surface area contributed by atoms with E-state index >= 15 is 0 Å². The molecule has 1 atom stereocenters. The number of likely N-dealkylation sites (tertiary alicyclic amines) is 1. The fourth-order valence-electron chi connectivity index (χ4n) is 2.05. The molecule has 0 saturated carbocycles. The molecule has 1 heterocycles. The van der Waals surface area contributed by atoms with E-state index in [-0.39, 0.29) is 17.7 Å². The second-order valence-corrected chi connectivity index (χ2v) is 4.56. The lowest BCUT2D eigenvalue weighted by Gasteiger charge is -2.12. The Balaban J connectivity index is 2.02. The van der Waals surface area contributed by atoms with E-state index in [9.17, 15) is 9.18 Å². The third kappa shape index (κ3) is 3.32. The minimum Gasteiger partial charge on any atom is -0.494 e.